The van der Waals surface area contributed by atoms with Crippen molar-refractivity contribution in [3.8, 4) is 0 Å². The number of aryl methyl sites for hydroxylation is 1. The summed E-state index contributed by atoms with van der Waals surface area (Å²) in [7, 11) is 0. The number of hydrogen-bond donors (Lipinski definition) is 1. The van der Waals surface area contributed by atoms with Crippen LogP contribution in [0.3, 0.4) is 0 Å². The van der Waals surface area contributed by atoms with Crippen LogP contribution in [0, 0.1) is 17.0 Å². The number of rotatable bonds is 1. The Bertz CT molecular complexity index is 355. The molecule has 6 heteroatoms. The minimum Gasteiger partial charge on any atom is -0.425 e. The second kappa shape index (κ2) is 2.65. The average molecular weight is 170 g/mol. The molecular weight excluding hydrogens is 164 g/mol. The SMILES string of the molecule is Cc1cc([N+](=O)[O-])cn(O)c1=O. The van der Waals surface area contributed by atoms with Gasteiger partial charge >= 0.3 is 0 Å². The summed E-state index contributed by atoms with van der Waals surface area (Å²) in [5.74, 6) is 0. The van der Waals surface area contributed by atoms with Crippen LogP contribution in [0.5, 0.6) is 0 Å². The van der Waals surface area contributed by atoms with Gasteiger partial charge in [-0.25, -0.2) is 0 Å². The second-order valence-electron chi connectivity index (χ2n) is 2.29. The van der Waals surface area contributed by atoms with E-state index in [2.05, 4.69) is 0 Å². The zero-order chi connectivity index (χ0) is 9.30. The molecule has 1 aromatic rings. The van der Waals surface area contributed by atoms with Crippen molar-refractivity contribution in [3.05, 3.63) is 38.3 Å². The summed E-state index contributed by atoms with van der Waals surface area (Å²) < 4.78 is 0.202. The maximum absolute atomic E-state index is 10.8. The van der Waals surface area contributed by atoms with Crippen LogP contribution in [0.15, 0.2) is 17.1 Å². The molecule has 1 aromatic heterocycles. The summed E-state index contributed by atoms with van der Waals surface area (Å²) >= 11 is 0. The van der Waals surface area contributed by atoms with Gasteiger partial charge in [-0.1, -0.05) is 0 Å². The molecule has 1 heterocycles. The first-order valence-corrected chi connectivity index (χ1v) is 3.09. The molecule has 12 heavy (non-hydrogen) atoms. The highest BCUT2D eigenvalue weighted by molar-refractivity contribution is 5.29. The molecule has 0 aliphatic heterocycles. The Morgan fingerprint density at radius 3 is 2.67 bits per heavy atom. The lowest BCUT2D eigenvalue weighted by Gasteiger charge is -1.96. The first-order valence-electron chi connectivity index (χ1n) is 3.09. The number of aromatic nitrogens is 1. The first-order chi connectivity index (χ1) is 5.52. The van der Waals surface area contributed by atoms with Gasteiger partial charge in [0.1, 0.15) is 6.20 Å². The van der Waals surface area contributed by atoms with Crippen LogP contribution >= 0.6 is 0 Å². The second-order valence-corrected chi connectivity index (χ2v) is 2.29. The molecule has 0 spiro atoms. The highest BCUT2D eigenvalue weighted by Crippen LogP contribution is 2.07. The molecule has 0 radical (unpaired) electrons. The predicted octanol–water partition coefficient (Wildman–Crippen LogP) is 0.302. The highest BCUT2D eigenvalue weighted by Gasteiger charge is 2.09. The van der Waals surface area contributed by atoms with E-state index < -0.39 is 10.5 Å². The van der Waals surface area contributed by atoms with E-state index in [1.165, 1.54) is 6.92 Å². The Morgan fingerprint density at radius 2 is 2.25 bits per heavy atom. The Balaban J connectivity index is 3.41. The standard InChI is InChI=1S/C6H6N2O4/c1-4-2-5(8(11)12)3-7(10)6(4)9/h2-3,10H,1H3. The predicted molar refractivity (Wildman–Crippen MR) is 39.3 cm³/mol. The zero-order valence-electron chi connectivity index (χ0n) is 6.22. The molecular formula is C6H6N2O4. The van der Waals surface area contributed by atoms with Crippen molar-refractivity contribution >= 4 is 5.69 Å². The third kappa shape index (κ3) is 1.26. The summed E-state index contributed by atoms with van der Waals surface area (Å²) in [6.45, 7) is 1.39. The lowest BCUT2D eigenvalue weighted by Crippen LogP contribution is -2.19. The van der Waals surface area contributed by atoms with Crippen molar-refractivity contribution in [2.24, 2.45) is 0 Å². The topological polar surface area (TPSA) is 85.4 Å². The van der Waals surface area contributed by atoms with E-state index in [0.717, 1.165) is 12.3 Å². The summed E-state index contributed by atoms with van der Waals surface area (Å²) in [5.41, 5.74) is -0.832. The van der Waals surface area contributed by atoms with E-state index in [4.69, 9.17) is 5.21 Å². The molecule has 0 atom stereocenters. The first kappa shape index (κ1) is 8.25. The monoisotopic (exact) mass is 170 g/mol. The van der Waals surface area contributed by atoms with Crippen molar-refractivity contribution in [2.45, 2.75) is 6.92 Å². The molecule has 0 fully saturated rings. The van der Waals surface area contributed by atoms with E-state index in [1.54, 1.807) is 0 Å². The lowest BCUT2D eigenvalue weighted by atomic mass is 10.3. The van der Waals surface area contributed by atoms with Crippen LogP contribution in [0.25, 0.3) is 0 Å². The minimum atomic E-state index is -0.681. The van der Waals surface area contributed by atoms with Crippen LogP contribution in [0.2, 0.25) is 0 Å². The van der Waals surface area contributed by atoms with Crippen molar-refractivity contribution in [3.63, 3.8) is 0 Å². The molecule has 0 saturated heterocycles. The fourth-order valence-electron chi connectivity index (χ4n) is 0.785. The zero-order valence-corrected chi connectivity index (χ0v) is 6.22. The van der Waals surface area contributed by atoms with Gasteiger partial charge in [0.2, 0.25) is 0 Å². The van der Waals surface area contributed by atoms with Gasteiger partial charge in [-0.05, 0) is 6.92 Å². The number of nitro groups is 1. The van der Waals surface area contributed by atoms with Crippen LogP contribution < -0.4 is 5.56 Å². The molecule has 0 saturated carbocycles. The van der Waals surface area contributed by atoms with Gasteiger partial charge in [0.05, 0.1) is 4.92 Å². The Hall–Kier alpha value is -1.85. The van der Waals surface area contributed by atoms with E-state index in [0.29, 0.717) is 0 Å². The molecule has 0 bridgehead atoms. The van der Waals surface area contributed by atoms with E-state index >= 15 is 0 Å². The van der Waals surface area contributed by atoms with Crippen molar-refractivity contribution in [1.29, 1.82) is 0 Å². The number of nitrogens with zero attached hydrogens (tertiary/aromatic N) is 2. The summed E-state index contributed by atoms with van der Waals surface area (Å²) in [4.78, 5) is 20.3. The lowest BCUT2D eigenvalue weighted by molar-refractivity contribution is -0.385. The molecule has 0 aliphatic carbocycles. The third-order valence-electron chi connectivity index (χ3n) is 1.38. The maximum Gasteiger partial charge on any atom is 0.289 e. The Morgan fingerprint density at radius 1 is 1.67 bits per heavy atom. The molecule has 0 aliphatic rings. The summed E-state index contributed by atoms with van der Waals surface area (Å²) in [5, 5.41) is 19.0. The fraction of sp³-hybridized carbons (Fsp3) is 0.167. The van der Waals surface area contributed by atoms with E-state index in [-0.39, 0.29) is 16.0 Å². The van der Waals surface area contributed by atoms with Gasteiger partial charge in [0.15, 0.2) is 0 Å². The molecule has 0 unspecified atom stereocenters. The third-order valence-corrected chi connectivity index (χ3v) is 1.38. The van der Waals surface area contributed by atoms with E-state index in [9.17, 15) is 14.9 Å². The van der Waals surface area contributed by atoms with Crippen LogP contribution in [0.1, 0.15) is 5.56 Å². The van der Waals surface area contributed by atoms with Crippen LogP contribution in [-0.2, 0) is 0 Å². The maximum atomic E-state index is 10.8. The van der Waals surface area contributed by atoms with Crippen molar-refractivity contribution in [2.75, 3.05) is 0 Å². The normalized spacial score (nSPS) is 9.75. The minimum absolute atomic E-state index is 0.131. The van der Waals surface area contributed by atoms with Crippen molar-refractivity contribution < 1.29 is 10.1 Å². The fourth-order valence-corrected chi connectivity index (χ4v) is 0.785. The molecule has 1 rings (SSSR count). The van der Waals surface area contributed by atoms with Crippen LogP contribution in [0.4, 0.5) is 5.69 Å². The van der Waals surface area contributed by atoms with Gasteiger partial charge in [0.25, 0.3) is 11.2 Å². The van der Waals surface area contributed by atoms with Gasteiger partial charge in [-0.3, -0.25) is 14.9 Å². The van der Waals surface area contributed by atoms with E-state index in [1.807, 2.05) is 0 Å². The van der Waals surface area contributed by atoms with Gasteiger partial charge in [-0.15, -0.1) is 4.73 Å². The Labute approximate surface area is 66.8 Å². The van der Waals surface area contributed by atoms with Crippen LogP contribution in [-0.4, -0.2) is 14.9 Å². The molecule has 0 aromatic carbocycles. The van der Waals surface area contributed by atoms with Gasteiger partial charge in [-0.2, -0.15) is 0 Å². The smallest absolute Gasteiger partial charge is 0.289 e. The summed E-state index contributed by atoms with van der Waals surface area (Å²) in [6, 6.07) is 1.11. The molecule has 0 amide bonds. The number of hydrogen-bond acceptors (Lipinski definition) is 4. The summed E-state index contributed by atoms with van der Waals surface area (Å²) in [6.07, 6.45) is 0.759. The van der Waals surface area contributed by atoms with Crippen molar-refractivity contribution in [1.82, 2.24) is 4.73 Å². The highest BCUT2D eigenvalue weighted by atomic mass is 16.6. The van der Waals surface area contributed by atoms with Gasteiger partial charge < -0.3 is 5.21 Å². The largest absolute Gasteiger partial charge is 0.425 e. The molecule has 64 valence electrons. The molecule has 6 nitrogen and oxygen atoms in total. The van der Waals surface area contributed by atoms with Gasteiger partial charge in [0, 0.05) is 11.6 Å². The quantitative estimate of drug-likeness (QED) is 0.373. The Kier molecular flexibility index (Phi) is 1.82. The average Bonchev–Trinajstić information content (AvgIpc) is 1.99. The molecule has 1 N–H and O–H groups in total. The number of pyridine rings is 1.